The highest BCUT2D eigenvalue weighted by molar-refractivity contribution is 7.89. The van der Waals surface area contributed by atoms with Gasteiger partial charge in [0.05, 0.1) is 4.90 Å². The van der Waals surface area contributed by atoms with Gasteiger partial charge in [0.2, 0.25) is 10.0 Å². The van der Waals surface area contributed by atoms with Crippen molar-refractivity contribution in [2.24, 2.45) is 5.92 Å². The Bertz CT molecular complexity index is 489. The number of aryl methyl sites for hydroxylation is 1. The van der Waals surface area contributed by atoms with Crippen molar-refractivity contribution in [1.29, 1.82) is 0 Å². The highest BCUT2D eigenvalue weighted by Gasteiger charge is 2.39. The molecule has 0 amide bonds. The number of aliphatic hydroxyl groups excluding tert-OH is 1. The zero-order chi connectivity index (χ0) is 12.6. The third kappa shape index (κ3) is 2.35. The van der Waals surface area contributed by atoms with E-state index in [1.807, 2.05) is 6.92 Å². The third-order valence-corrected chi connectivity index (χ3v) is 4.80. The molecule has 2 N–H and O–H groups in total. The maximum absolute atomic E-state index is 12.1. The average Bonchev–Trinajstić information content (AvgIpc) is 2.14. The van der Waals surface area contributed by atoms with Crippen LogP contribution in [0.15, 0.2) is 29.2 Å². The standard InChI is InChI=1S/C11H15NO4S/c1-8-2-4-10(5-3-8)17(15,16)12-6-9(7-12)11(13)14/h2-5,9,11,13-14H,6-7H2,1H3. The van der Waals surface area contributed by atoms with E-state index in [0.29, 0.717) is 0 Å². The van der Waals surface area contributed by atoms with Crippen LogP contribution in [0.25, 0.3) is 0 Å². The van der Waals surface area contributed by atoms with E-state index < -0.39 is 16.3 Å². The minimum absolute atomic E-state index is 0.161. The van der Waals surface area contributed by atoms with Crippen LogP contribution in [0.3, 0.4) is 0 Å². The minimum atomic E-state index is -3.47. The predicted octanol–water partition coefficient (Wildman–Crippen LogP) is -0.0738. The quantitative estimate of drug-likeness (QED) is 0.743. The second kappa shape index (κ2) is 4.38. The van der Waals surface area contributed by atoms with Crippen LogP contribution in [-0.4, -0.2) is 42.3 Å². The van der Waals surface area contributed by atoms with Crippen LogP contribution in [-0.2, 0) is 10.0 Å². The molecule has 1 aromatic carbocycles. The molecule has 1 aromatic rings. The molecule has 0 saturated carbocycles. The molecule has 1 heterocycles. The van der Waals surface area contributed by atoms with Gasteiger partial charge in [-0.05, 0) is 19.1 Å². The molecule has 0 bridgehead atoms. The van der Waals surface area contributed by atoms with Crippen LogP contribution in [0.1, 0.15) is 5.56 Å². The lowest BCUT2D eigenvalue weighted by atomic mass is 10.0. The van der Waals surface area contributed by atoms with E-state index in [-0.39, 0.29) is 23.9 Å². The Balaban J connectivity index is 2.13. The van der Waals surface area contributed by atoms with Crippen molar-refractivity contribution in [3.63, 3.8) is 0 Å². The number of benzene rings is 1. The molecule has 6 heteroatoms. The van der Waals surface area contributed by atoms with Crippen LogP contribution in [0.2, 0.25) is 0 Å². The number of nitrogens with zero attached hydrogens (tertiary/aromatic N) is 1. The molecule has 0 atom stereocenters. The third-order valence-electron chi connectivity index (χ3n) is 2.96. The van der Waals surface area contributed by atoms with Crippen LogP contribution in [0.4, 0.5) is 0 Å². The summed E-state index contributed by atoms with van der Waals surface area (Å²) in [6, 6.07) is 6.61. The van der Waals surface area contributed by atoms with Crippen molar-refractivity contribution in [3.8, 4) is 0 Å². The summed E-state index contributed by atoms with van der Waals surface area (Å²) in [6.45, 7) is 2.21. The number of sulfonamides is 1. The molecule has 5 nitrogen and oxygen atoms in total. The fourth-order valence-electron chi connectivity index (χ4n) is 1.71. The summed E-state index contributed by atoms with van der Waals surface area (Å²) in [7, 11) is -3.47. The van der Waals surface area contributed by atoms with Gasteiger partial charge in [-0.3, -0.25) is 0 Å². The van der Waals surface area contributed by atoms with Crippen LogP contribution < -0.4 is 0 Å². The molecular weight excluding hydrogens is 242 g/mol. The number of hydrogen-bond acceptors (Lipinski definition) is 4. The minimum Gasteiger partial charge on any atom is -0.368 e. The molecular formula is C11H15NO4S. The monoisotopic (exact) mass is 257 g/mol. The Labute approximate surface area is 100 Å². The van der Waals surface area contributed by atoms with Gasteiger partial charge >= 0.3 is 0 Å². The molecule has 1 aliphatic heterocycles. The van der Waals surface area contributed by atoms with Gasteiger partial charge in [-0.2, -0.15) is 4.31 Å². The Kier molecular flexibility index (Phi) is 3.22. The van der Waals surface area contributed by atoms with Crippen LogP contribution >= 0.6 is 0 Å². The van der Waals surface area contributed by atoms with Crippen molar-refractivity contribution < 1.29 is 18.6 Å². The second-order valence-corrected chi connectivity index (χ2v) is 6.25. The first-order chi connectivity index (χ1) is 7.91. The first kappa shape index (κ1) is 12.5. The van der Waals surface area contributed by atoms with Crippen molar-refractivity contribution in [1.82, 2.24) is 4.31 Å². The summed E-state index contributed by atoms with van der Waals surface area (Å²) >= 11 is 0. The van der Waals surface area contributed by atoms with Gasteiger partial charge < -0.3 is 10.2 Å². The largest absolute Gasteiger partial charge is 0.368 e. The summed E-state index contributed by atoms with van der Waals surface area (Å²) < 4.78 is 25.4. The highest BCUT2D eigenvalue weighted by atomic mass is 32.2. The van der Waals surface area contributed by atoms with Gasteiger partial charge in [0.15, 0.2) is 6.29 Å². The van der Waals surface area contributed by atoms with E-state index in [2.05, 4.69) is 0 Å². The van der Waals surface area contributed by atoms with Gasteiger partial charge in [0.25, 0.3) is 0 Å². The van der Waals surface area contributed by atoms with Crippen molar-refractivity contribution in [2.75, 3.05) is 13.1 Å². The summed E-state index contributed by atoms with van der Waals surface area (Å²) in [6.07, 6.45) is -1.44. The predicted molar refractivity (Wildman–Crippen MR) is 61.7 cm³/mol. The zero-order valence-corrected chi connectivity index (χ0v) is 10.3. The molecule has 2 rings (SSSR count). The maximum Gasteiger partial charge on any atom is 0.243 e. The fraction of sp³-hybridized carbons (Fsp3) is 0.455. The molecule has 1 saturated heterocycles. The van der Waals surface area contributed by atoms with E-state index in [0.717, 1.165) is 5.56 Å². The molecule has 17 heavy (non-hydrogen) atoms. The lowest BCUT2D eigenvalue weighted by Crippen LogP contribution is -2.54. The molecule has 1 aliphatic rings. The van der Waals surface area contributed by atoms with Crippen LogP contribution in [0, 0.1) is 12.8 Å². The van der Waals surface area contributed by atoms with Gasteiger partial charge in [-0.15, -0.1) is 0 Å². The van der Waals surface area contributed by atoms with Crippen molar-refractivity contribution in [3.05, 3.63) is 29.8 Å². The summed E-state index contributed by atoms with van der Waals surface area (Å²) in [5.74, 6) is -0.379. The Hall–Kier alpha value is -0.950. The molecule has 0 radical (unpaired) electrons. The van der Waals surface area contributed by atoms with Gasteiger partial charge in [0, 0.05) is 19.0 Å². The summed E-state index contributed by atoms with van der Waals surface area (Å²) in [5, 5.41) is 17.8. The Morgan fingerprint density at radius 2 is 1.76 bits per heavy atom. The van der Waals surface area contributed by atoms with Gasteiger partial charge in [-0.1, -0.05) is 17.7 Å². The molecule has 0 aromatic heterocycles. The van der Waals surface area contributed by atoms with E-state index in [4.69, 9.17) is 10.2 Å². The number of hydrogen-bond donors (Lipinski definition) is 2. The zero-order valence-electron chi connectivity index (χ0n) is 9.44. The molecule has 0 unspecified atom stereocenters. The molecule has 0 spiro atoms. The van der Waals surface area contributed by atoms with Crippen molar-refractivity contribution >= 4 is 10.0 Å². The van der Waals surface area contributed by atoms with Gasteiger partial charge in [0.1, 0.15) is 0 Å². The first-order valence-corrected chi connectivity index (χ1v) is 6.78. The lowest BCUT2D eigenvalue weighted by molar-refractivity contribution is -0.113. The second-order valence-electron chi connectivity index (χ2n) is 4.31. The first-order valence-electron chi connectivity index (χ1n) is 5.34. The fourth-order valence-corrected chi connectivity index (χ4v) is 3.27. The number of aliphatic hydroxyl groups is 2. The summed E-state index contributed by atoms with van der Waals surface area (Å²) in [4.78, 5) is 0.244. The number of rotatable bonds is 3. The van der Waals surface area contributed by atoms with E-state index in [1.165, 1.54) is 4.31 Å². The molecule has 94 valence electrons. The summed E-state index contributed by atoms with van der Waals surface area (Å²) in [5.41, 5.74) is 0.996. The average molecular weight is 257 g/mol. The van der Waals surface area contributed by atoms with E-state index in [1.54, 1.807) is 24.3 Å². The van der Waals surface area contributed by atoms with E-state index in [9.17, 15) is 8.42 Å². The normalized spacial score (nSPS) is 18.4. The Morgan fingerprint density at radius 3 is 2.24 bits per heavy atom. The molecule has 1 fully saturated rings. The smallest absolute Gasteiger partial charge is 0.243 e. The molecule has 0 aliphatic carbocycles. The SMILES string of the molecule is Cc1ccc(S(=O)(=O)N2CC(C(O)O)C2)cc1. The van der Waals surface area contributed by atoms with E-state index >= 15 is 0 Å². The van der Waals surface area contributed by atoms with Gasteiger partial charge in [-0.25, -0.2) is 8.42 Å². The van der Waals surface area contributed by atoms with Crippen LogP contribution in [0.5, 0.6) is 0 Å². The highest BCUT2D eigenvalue weighted by Crippen LogP contribution is 2.26. The maximum atomic E-state index is 12.1. The van der Waals surface area contributed by atoms with Crippen molar-refractivity contribution in [2.45, 2.75) is 18.1 Å². The topological polar surface area (TPSA) is 77.8 Å². The lowest BCUT2D eigenvalue weighted by Gasteiger charge is -2.38. The Morgan fingerprint density at radius 1 is 1.24 bits per heavy atom.